The maximum atomic E-state index is 5.87. The first-order chi connectivity index (χ1) is 8.63. The van der Waals surface area contributed by atoms with Crippen molar-refractivity contribution >= 4 is 0 Å². The lowest BCUT2D eigenvalue weighted by molar-refractivity contribution is -0.0996. The van der Waals surface area contributed by atoms with Gasteiger partial charge in [0.15, 0.2) is 0 Å². The molecule has 0 aliphatic heterocycles. The van der Waals surface area contributed by atoms with Crippen LogP contribution in [0.1, 0.15) is 48.9 Å². The van der Waals surface area contributed by atoms with Crippen LogP contribution < -0.4 is 5.32 Å². The van der Waals surface area contributed by atoms with Crippen molar-refractivity contribution in [3.05, 3.63) is 34.9 Å². The maximum absolute atomic E-state index is 5.87. The molecule has 1 aliphatic carbocycles. The lowest BCUT2D eigenvalue weighted by Crippen LogP contribution is -2.50. The quantitative estimate of drug-likeness (QED) is 0.859. The van der Waals surface area contributed by atoms with Crippen LogP contribution in [-0.2, 0) is 4.74 Å². The van der Waals surface area contributed by atoms with Gasteiger partial charge in [-0.25, -0.2) is 0 Å². The summed E-state index contributed by atoms with van der Waals surface area (Å²) in [7, 11) is 1.85. The van der Waals surface area contributed by atoms with E-state index in [1.165, 1.54) is 23.1 Å². The predicted molar refractivity (Wildman–Crippen MR) is 75.9 cm³/mol. The van der Waals surface area contributed by atoms with E-state index in [0.29, 0.717) is 6.04 Å². The third-order valence-electron chi connectivity index (χ3n) is 4.28. The van der Waals surface area contributed by atoms with Gasteiger partial charge in [-0.1, -0.05) is 30.7 Å². The molecule has 0 bridgehead atoms. The minimum absolute atomic E-state index is 0.00995. The number of ether oxygens (including phenoxy) is 1. The van der Waals surface area contributed by atoms with Crippen LogP contribution in [0.25, 0.3) is 0 Å². The molecule has 100 valence electrons. The lowest BCUT2D eigenvalue weighted by atomic mass is 9.71. The molecule has 0 aromatic heterocycles. The second kappa shape index (κ2) is 5.41. The Hall–Kier alpha value is -0.860. The summed E-state index contributed by atoms with van der Waals surface area (Å²) in [5.41, 5.74) is 4.09. The van der Waals surface area contributed by atoms with Crippen molar-refractivity contribution < 1.29 is 4.74 Å². The van der Waals surface area contributed by atoms with Gasteiger partial charge in [-0.3, -0.25) is 0 Å². The summed E-state index contributed by atoms with van der Waals surface area (Å²) in [6, 6.07) is 7.05. The van der Waals surface area contributed by atoms with Crippen LogP contribution in [0.15, 0.2) is 18.2 Å². The predicted octanol–water partition coefficient (Wildman–Crippen LogP) is 3.52. The van der Waals surface area contributed by atoms with Gasteiger partial charge in [0.1, 0.15) is 0 Å². The molecule has 0 radical (unpaired) electrons. The summed E-state index contributed by atoms with van der Waals surface area (Å²) in [6.45, 7) is 7.49. The van der Waals surface area contributed by atoms with E-state index in [1.807, 2.05) is 7.11 Å². The Kier molecular flexibility index (Phi) is 4.08. The zero-order valence-corrected chi connectivity index (χ0v) is 12.0. The smallest absolute Gasteiger partial charge is 0.0872 e. The first-order valence-electron chi connectivity index (χ1n) is 6.98. The average molecular weight is 247 g/mol. The monoisotopic (exact) mass is 247 g/mol. The van der Waals surface area contributed by atoms with Gasteiger partial charge in [-0.05, 0) is 50.8 Å². The van der Waals surface area contributed by atoms with Crippen molar-refractivity contribution in [3.8, 4) is 0 Å². The Morgan fingerprint density at radius 2 is 2.06 bits per heavy atom. The normalized spacial score (nSPS) is 19.3. The third kappa shape index (κ3) is 2.32. The van der Waals surface area contributed by atoms with Crippen molar-refractivity contribution in [2.24, 2.45) is 0 Å². The zero-order chi connectivity index (χ0) is 13.2. The van der Waals surface area contributed by atoms with E-state index in [1.54, 1.807) is 0 Å². The molecular formula is C16H25NO. The van der Waals surface area contributed by atoms with Crippen molar-refractivity contribution in [1.82, 2.24) is 5.32 Å². The standard InChI is InChI=1S/C16H25NO/c1-5-17-15(16(18-4)9-6-10-16)14-8-7-12(2)11-13(14)3/h7-8,11,15,17H,5-6,9-10H2,1-4H3. The Balaban J connectivity index is 2.34. The number of aryl methyl sites for hydroxylation is 2. The summed E-state index contributed by atoms with van der Waals surface area (Å²) >= 11 is 0. The summed E-state index contributed by atoms with van der Waals surface area (Å²) in [4.78, 5) is 0. The topological polar surface area (TPSA) is 21.3 Å². The van der Waals surface area contributed by atoms with Crippen molar-refractivity contribution in [1.29, 1.82) is 0 Å². The molecule has 1 aromatic rings. The zero-order valence-electron chi connectivity index (χ0n) is 12.0. The van der Waals surface area contributed by atoms with Gasteiger partial charge < -0.3 is 10.1 Å². The first-order valence-corrected chi connectivity index (χ1v) is 6.98. The van der Waals surface area contributed by atoms with Crippen LogP contribution in [0.5, 0.6) is 0 Å². The molecule has 1 aliphatic rings. The van der Waals surface area contributed by atoms with Gasteiger partial charge in [0.05, 0.1) is 11.6 Å². The van der Waals surface area contributed by atoms with E-state index >= 15 is 0 Å². The van der Waals surface area contributed by atoms with Gasteiger partial charge >= 0.3 is 0 Å². The average Bonchev–Trinajstić information content (AvgIpc) is 2.27. The van der Waals surface area contributed by atoms with Gasteiger partial charge in [-0.15, -0.1) is 0 Å². The highest BCUT2D eigenvalue weighted by Gasteiger charge is 2.45. The number of likely N-dealkylation sites (N-methyl/N-ethyl adjacent to an activating group) is 1. The Morgan fingerprint density at radius 1 is 1.33 bits per heavy atom. The molecule has 0 spiro atoms. The fourth-order valence-corrected chi connectivity index (χ4v) is 3.07. The molecule has 1 fully saturated rings. The molecule has 2 rings (SSSR count). The second-order valence-electron chi connectivity index (χ2n) is 5.47. The van der Waals surface area contributed by atoms with E-state index in [4.69, 9.17) is 4.74 Å². The number of methoxy groups -OCH3 is 1. The minimum atomic E-state index is 0.00995. The van der Waals surface area contributed by atoms with Crippen LogP contribution in [-0.4, -0.2) is 19.3 Å². The number of hydrogen-bond donors (Lipinski definition) is 1. The molecule has 0 heterocycles. The van der Waals surface area contributed by atoms with E-state index in [0.717, 1.165) is 19.4 Å². The Labute approximate surface area is 111 Å². The highest BCUT2D eigenvalue weighted by molar-refractivity contribution is 5.35. The lowest BCUT2D eigenvalue weighted by Gasteiger charge is -2.47. The van der Waals surface area contributed by atoms with Gasteiger partial charge in [0, 0.05) is 7.11 Å². The number of nitrogens with one attached hydrogen (secondary N) is 1. The van der Waals surface area contributed by atoms with Gasteiger partial charge in [0.25, 0.3) is 0 Å². The molecule has 1 saturated carbocycles. The third-order valence-corrected chi connectivity index (χ3v) is 4.28. The molecule has 1 aromatic carbocycles. The van der Waals surface area contributed by atoms with Gasteiger partial charge in [0.2, 0.25) is 0 Å². The second-order valence-corrected chi connectivity index (χ2v) is 5.47. The van der Waals surface area contributed by atoms with Crippen LogP contribution in [0.2, 0.25) is 0 Å². The van der Waals surface area contributed by atoms with E-state index < -0.39 is 0 Å². The number of benzene rings is 1. The van der Waals surface area contributed by atoms with Gasteiger partial charge in [-0.2, -0.15) is 0 Å². The highest BCUT2D eigenvalue weighted by Crippen LogP contribution is 2.45. The number of hydrogen-bond acceptors (Lipinski definition) is 2. The molecule has 18 heavy (non-hydrogen) atoms. The Bertz CT molecular complexity index is 404. The van der Waals surface area contributed by atoms with E-state index in [9.17, 15) is 0 Å². The largest absolute Gasteiger partial charge is 0.376 e. The fourth-order valence-electron chi connectivity index (χ4n) is 3.07. The van der Waals surface area contributed by atoms with Crippen LogP contribution in [0.4, 0.5) is 0 Å². The SMILES string of the molecule is CCNC(c1ccc(C)cc1C)C1(OC)CCC1. The Morgan fingerprint density at radius 3 is 2.50 bits per heavy atom. The minimum Gasteiger partial charge on any atom is -0.376 e. The summed E-state index contributed by atoms with van der Waals surface area (Å²) in [6.07, 6.45) is 3.60. The summed E-state index contributed by atoms with van der Waals surface area (Å²) in [5, 5.41) is 3.63. The molecular weight excluding hydrogens is 222 g/mol. The molecule has 0 saturated heterocycles. The van der Waals surface area contributed by atoms with Crippen molar-refractivity contribution in [2.45, 2.75) is 51.7 Å². The first kappa shape index (κ1) is 13.6. The van der Waals surface area contributed by atoms with Crippen molar-refractivity contribution in [3.63, 3.8) is 0 Å². The van der Waals surface area contributed by atoms with E-state index in [-0.39, 0.29) is 5.60 Å². The molecule has 1 atom stereocenters. The van der Waals surface area contributed by atoms with E-state index in [2.05, 4.69) is 44.3 Å². The molecule has 2 nitrogen and oxygen atoms in total. The maximum Gasteiger partial charge on any atom is 0.0872 e. The highest BCUT2D eigenvalue weighted by atomic mass is 16.5. The van der Waals surface area contributed by atoms with Crippen LogP contribution in [0, 0.1) is 13.8 Å². The van der Waals surface area contributed by atoms with Crippen molar-refractivity contribution in [2.75, 3.05) is 13.7 Å². The molecule has 1 unspecified atom stereocenters. The van der Waals surface area contributed by atoms with Crippen LogP contribution >= 0.6 is 0 Å². The molecule has 2 heteroatoms. The summed E-state index contributed by atoms with van der Waals surface area (Å²) < 4.78 is 5.87. The molecule has 0 amide bonds. The molecule has 1 N–H and O–H groups in total. The van der Waals surface area contributed by atoms with Crippen LogP contribution in [0.3, 0.4) is 0 Å². The summed E-state index contributed by atoms with van der Waals surface area (Å²) in [5.74, 6) is 0. The number of rotatable bonds is 5. The fraction of sp³-hybridized carbons (Fsp3) is 0.625.